The Morgan fingerprint density at radius 3 is 2.21 bits per heavy atom. The molecular formula is C21H25FNO+. The summed E-state index contributed by atoms with van der Waals surface area (Å²) < 4.78 is 21.5. The number of aromatic nitrogens is 1. The Morgan fingerprint density at radius 1 is 0.917 bits per heavy atom. The maximum absolute atomic E-state index is 13.7. The van der Waals surface area contributed by atoms with E-state index in [0.717, 1.165) is 16.8 Å². The fraction of sp³-hybridized carbons (Fsp3) is 0.381. The smallest absolute Gasteiger partial charge is 0.341 e. The minimum atomic E-state index is -0.252. The first-order valence-electron chi connectivity index (χ1n) is 8.31. The largest absolute Gasteiger partial charge is 0.403 e. The molecule has 0 radical (unpaired) electrons. The Kier molecular flexibility index (Phi) is 3.78. The van der Waals surface area contributed by atoms with Crippen LogP contribution in [0.1, 0.15) is 52.7 Å². The van der Waals surface area contributed by atoms with Gasteiger partial charge < -0.3 is 4.42 Å². The first-order valence-corrected chi connectivity index (χ1v) is 8.31. The molecule has 0 fully saturated rings. The van der Waals surface area contributed by atoms with Crippen molar-refractivity contribution in [3.05, 3.63) is 59.7 Å². The fourth-order valence-electron chi connectivity index (χ4n) is 2.89. The Morgan fingerprint density at radius 2 is 1.62 bits per heavy atom. The highest BCUT2D eigenvalue weighted by Crippen LogP contribution is 2.34. The van der Waals surface area contributed by atoms with Gasteiger partial charge in [0.05, 0.1) is 0 Å². The quantitative estimate of drug-likeness (QED) is 0.544. The molecule has 1 aromatic heterocycles. The van der Waals surface area contributed by atoms with E-state index in [4.69, 9.17) is 4.42 Å². The van der Waals surface area contributed by atoms with E-state index in [0.29, 0.717) is 0 Å². The number of benzene rings is 2. The van der Waals surface area contributed by atoms with Crippen molar-refractivity contribution in [1.82, 2.24) is 0 Å². The zero-order valence-electron chi connectivity index (χ0n) is 15.3. The molecule has 0 aliphatic heterocycles. The van der Waals surface area contributed by atoms with Crippen molar-refractivity contribution in [1.29, 1.82) is 0 Å². The molecule has 3 aromatic rings. The molecule has 0 bridgehead atoms. The lowest BCUT2D eigenvalue weighted by Crippen LogP contribution is -2.29. The third kappa shape index (κ3) is 2.95. The zero-order valence-corrected chi connectivity index (χ0v) is 15.3. The Bertz CT molecular complexity index is 894. The predicted molar refractivity (Wildman–Crippen MR) is 95.1 cm³/mol. The monoisotopic (exact) mass is 326 g/mol. The van der Waals surface area contributed by atoms with Crippen LogP contribution >= 0.6 is 0 Å². The van der Waals surface area contributed by atoms with Crippen LogP contribution < -0.4 is 4.57 Å². The maximum atomic E-state index is 13.7. The van der Waals surface area contributed by atoms with Gasteiger partial charge in [0.2, 0.25) is 11.3 Å². The summed E-state index contributed by atoms with van der Waals surface area (Å²) in [5.41, 5.74) is 4.98. The highest BCUT2D eigenvalue weighted by molar-refractivity contribution is 5.76. The number of fused-ring (bicyclic) bond motifs is 1. The van der Waals surface area contributed by atoms with E-state index in [2.05, 4.69) is 53.7 Å². The Labute approximate surface area is 142 Å². The van der Waals surface area contributed by atoms with Crippen LogP contribution in [0.4, 0.5) is 4.39 Å². The summed E-state index contributed by atoms with van der Waals surface area (Å²) >= 11 is 0. The molecule has 0 unspecified atom stereocenters. The second kappa shape index (κ2) is 5.44. The first-order chi connectivity index (χ1) is 11.1. The van der Waals surface area contributed by atoms with E-state index in [1.807, 2.05) is 10.6 Å². The predicted octanol–water partition coefficient (Wildman–Crippen LogP) is 5.44. The van der Waals surface area contributed by atoms with Gasteiger partial charge in [-0.1, -0.05) is 53.7 Å². The molecule has 0 aliphatic carbocycles. The molecule has 0 amide bonds. The van der Waals surface area contributed by atoms with Crippen molar-refractivity contribution in [2.75, 3.05) is 0 Å². The van der Waals surface area contributed by atoms with Crippen molar-refractivity contribution >= 4 is 11.1 Å². The second-order valence-corrected chi connectivity index (χ2v) is 8.45. The molecule has 2 nitrogen and oxygen atoms in total. The third-order valence-corrected chi connectivity index (χ3v) is 4.37. The van der Waals surface area contributed by atoms with Crippen molar-refractivity contribution in [2.45, 2.75) is 52.4 Å². The summed E-state index contributed by atoms with van der Waals surface area (Å²) in [6.07, 6.45) is 1.67. The van der Waals surface area contributed by atoms with Gasteiger partial charge in [0.15, 0.2) is 0 Å². The van der Waals surface area contributed by atoms with Crippen LogP contribution in [0.25, 0.3) is 16.8 Å². The normalized spacial score (nSPS) is 12.8. The average molecular weight is 326 g/mol. The minimum Gasteiger partial charge on any atom is -0.403 e. The van der Waals surface area contributed by atoms with E-state index in [-0.39, 0.29) is 16.6 Å². The van der Waals surface area contributed by atoms with E-state index >= 15 is 0 Å². The molecule has 3 rings (SSSR count). The van der Waals surface area contributed by atoms with E-state index in [1.165, 1.54) is 23.3 Å². The average Bonchev–Trinajstić information content (AvgIpc) is 2.87. The summed E-state index contributed by atoms with van der Waals surface area (Å²) in [7, 11) is 0. The zero-order chi connectivity index (χ0) is 17.7. The van der Waals surface area contributed by atoms with Crippen LogP contribution in [0.15, 0.2) is 47.2 Å². The maximum Gasteiger partial charge on any atom is 0.341 e. The fourth-order valence-corrected chi connectivity index (χ4v) is 2.89. The molecule has 0 saturated heterocycles. The van der Waals surface area contributed by atoms with E-state index in [9.17, 15) is 4.39 Å². The van der Waals surface area contributed by atoms with Crippen LogP contribution in [0.2, 0.25) is 0 Å². The van der Waals surface area contributed by atoms with E-state index < -0.39 is 0 Å². The summed E-state index contributed by atoms with van der Waals surface area (Å²) in [5.74, 6) is -0.252. The van der Waals surface area contributed by atoms with Gasteiger partial charge in [-0.05, 0) is 22.5 Å². The number of nitrogens with zero attached hydrogens (tertiary/aromatic N) is 1. The summed E-state index contributed by atoms with van der Waals surface area (Å²) in [6, 6.07) is 11.0. The van der Waals surface area contributed by atoms with Crippen LogP contribution in [-0.2, 0) is 10.8 Å². The van der Waals surface area contributed by atoms with Crippen molar-refractivity contribution in [3.8, 4) is 5.69 Å². The molecule has 2 aromatic carbocycles. The molecule has 1 heterocycles. The van der Waals surface area contributed by atoms with Crippen LogP contribution in [0, 0.1) is 5.82 Å². The van der Waals surface area contributed by atoms with Crippen LogP contribution in [0.5, 0.6) is 0 Å². The van der Waals surface area contributed by atoms with Gasteiger partial charge in [0.1, 0.15) is 5.82 Å². The first kappa shape index (κ1) is 16.7. The molecule has 0 N–H and O–H groups in total. The second-order valence-electron chi connectivity index (χ2n) is 8.45. The molecule has 3 heteroatoms. The lowest BCUT2D eigenvalue weighted by atomic mass is 9.80. The Hall–Kier alpha value is -2.16. The van der Waals surface area contributed by atoms with Gasteiger partial charge in [-0.15, -0.1) is 4.57 Å². The summed E-state index contributed by atoms with van der Waals surface area (Å²) in [5, 5.41) is 0. The van der Waals surface area contributed by atoms with Crippen LogP contribution in [-0.4, -0.2) is 0 Å². The highest BCUT2D eigenvalue weighted by atomic mass is 19.1. The van der Waals surface area contributed by atoms with Crippen molar-refractivity contribution in [3.63, 3.8) is 0 Å². The molecule has 24 heavy (non-hydrogen) atoms. The number of hydrogen-bond acceptors (Lipinski definition) is 1. The SMILES string of the molecule is CC(C)(C)c1cc(C(C)(C)C)c2oc[n+](-c3cccc(F)c3)c2c1. The number of oxazole rings is 1. The van der Waals surface area contributed by atoms with Gasteiger partial charge in [-0.3, -0.25) is 0 Å². The molecule has 126 valence electrons. The third-order valence-electron chi connectivity index (χ3n) is 4.37. The molecule has 0 saturated carbocycles. The lowest BCUT2D eigenvalue weighted by molar-refractivity contribution is -0.573. The number of rotatable bonds is 1. The standard InChI is InChI=1S/C21H25FNO/c1-20(2,3)14-10-17(21(4,5)6)19-18(11-14)23(13-24-19)16-9-7-8-15(22)12-16/h7-13H,1-6H3/q+1. The van der Waals surface area contributed by atoms with Gasteiger partial charge in [-0.2, -0.15) is 0 Å². The lowest BCUT2D eigenvalue weighted by Gasteiger charge is -2.24. The topological polar surface area (TPSA) is 17.0 Å². The van der Waals surface area contributed by atoms with E-state index in [1.54, 1.807) is 12.5 Å². The van der Waals surface area contributed by atoms with Gasteiger partial charge in [-0.25, -0.2) is 4.39 Å². The van der Waals surface area contributed by atoms with Gasteiger partial charge in [0.25, 0.3) is 5.52 Å². The van der Waals surface area contributed by atoms with Gasteiger partial charge >= 0.3 is 6.39 Å². The van der Waals surface area contributed by atoms with Crippen molar-refractivity contribution in [2.24, 2.45) is 0 Å². The summed E-state index contributed by atoms with van der Waals surface area (Å²) in [4.78, 5) is 0. The number of halogens is 1. The Balaban J connectivity index is 2.35. The molecule has 0 aliphatic rings. The minimum absolute atomic E-state index is 0.0191. The molecular weight excluding hydrogens is 301 g/mol. The molecule has 0 spiro atoms. The summed E-state index contributed by atoms with van der Waals surface area (Å²) in [6.45, 7) is 13.2. The number of hydrogen-bond donors (Lipinski definition) is 0. The van der Waals surface area contributed by atoms with Gasteiger partial charge in [0, 0.05) is 23.8 Å². The molecule has 0 atom stereocenters. The van der Waals surface area contributed by atoms with Crippen LogP contribution in [0.3, 0.4) is 0 Å². The highest BCUT2D eigenvalue weighted by Gasteiger charge is 2.29. The van der Waals surface area contributed by atoms with Crippen molar-refractivity contribution < 1.29 is 13.4 Å².